The van der Waals surface area contributed by atoms with Crippen LogP contribution in [-0.4, -0.2) is 31.3 Å². The van der Waals surface area contributed by atoms with Crippen molar-refractivity contribution in [3.05, 3.63) is 59.7 Å². The number of carbonyl (C=O) groups excluding carboxylic acids is 1. The van der Waals surface area contributed by atoms with Crippen molar-refractivity contribution < 1.29 is 19.4 Å². The van der Waals surface area contributed by atoms with E-state index in [1.165, 1.54) is 12.7 Å². The van der Waals surface area contributed by atoms with Gasteiger partial charge < -0.3 is 19.9 Å². The summed E-state index contributed by atoms with van der Waals surface area (Å²) in [5, 5.41) is 12.3. The maximum absolute atomic E-state index is 12.4. The molecule has 1 amide bonds. The van der Waals surface area contributed by atoms with Crippen LogP contribution in [0, 0.1) is 0 Å². The average Bonchev–Trinajstić information content (AvgIpc) is 2.62. The van der Waals surface area contributed by atoms with E-state index in [2.05, 4.69) is 5.32 Å². The number of hydrogen-bond donors (Lipinski definition) is 2. The van der Waals surface area contributed by atoms with Crippen LogP contribution in [0.25, 0.3) is 0 Å². The Hall–Kier alpha value is -2.53. The summed E-state index contributed by atoms with van der Waals surface area (Å²) in [6.07, 6.45) is 0.996. The summed E-state index contributed by atoms with van der Waals surface area (Å²) in [6, 6.07) is 14.4. The second-order valence-corrected chi connectivity index (χ2v) is 6.00. The molecule has 0 fully saturated rings. The Morgan fingerprint density at radius 1 is 1.08 bits per heavy atom. The van der Waals surface area contributed by atoms with E-state index >= 15 is 0 Å². The quantitative estimate of drug-likeness (QED) is 0.772. The van der Waals surface area contributed by atoms with Crippen molar-refractivity contribution in [2.24, 2.45) is 0 Å². The van der Waals surface area contributed by atoms with Gasteiger partial charge in [0.1, 0.15) is 11.5 Å². The van der Waals surface area contributed by atoms with Crippen LogP contribution in [0.2, 0.25) is 0 Å². The predicted molar refractivity (Wildman–Crippen MR) is 96.8 cm³/mol. The third kappa shape index (κ3) is 5.50. The molecule has 0 aromatic heterocycles. The largest absolute Gasteiger partial charge is 0.508 e. The molecule has 0 radical (unpaired) electrons. The molecular weight excluding hydrogens is 318 g/mol. The molecule has 2 rings (SSSR count). The molecule has 5 nitrogen and oxygen atoms in total. The Kier molecular flexibility index (Phi) is 6.83. The highest BCUT2D eigenvalue weighted by atomic mass is 16.5. The molecule has 5 heteroatoms. The Labute approximate surface area is 148 Å². The fourth-order valence-corrected chi connectivity index (χ4v) is 2.61. The number of amides is 1. The van der Waals surface area contributed by atoms with Crippen molar-refractivity contribution in [1.29, 1.82) is 0 Å². The zero-order chi connectivity index (χ0) is 18.2. The number of rotatable bonds is 8. The lowest BCUT2D eigenvalue weighted by Gasteiger charge is -2.20. The van der Waals surface area contributed by atoms with Gasteiger partial charge in [0, 0.05) is 13.2 Å². The number of aromatic hydroxyl groups is 1. The summed E-state index contributed by atoms with van der Waals surface area (Å²) in [4.78, 5) is 12.4. The number of phenolic OH excluding ortho intramolecular Hbond substituents is 1. The van der Waals surface area contributed by atoms with Crippen LogP contribution in [-0.2, 0) is 16.0 Å². The molecule has 2 N–H and O–H groups in total. The summed E-state index contributed by atoms with van der Waals surface area (Å²) in [6.45, 7) is 1.98. The van der Waals surface area contributed by atoms with Gasteiger partial charge in [0.05, 0.1) is 7.11 Å². The highest BCUT2D eigenvalue weighted by Crippen LogP contribution is 2.20. The number of carbonyl (C=O) groups is 1. The van der Waals surface area contributed by atoms with E-state index in [9.17, 15) is 9.90 Å². The van der Waals surface area contributed by atoms with Gasteiger partial charge in [0.2, 0.25) is 0 Å². The highest BCUT2D eigenvalue weighted by molar-refractivity contribution is 5.82. The number of phenols is 1. The van der Waals surface area contributed by atoms with Crippen LogP contribution in [0.5, 0.6) is 11.5 Å². The lowest BCUT2D eigenvalue weighted by Crippen LogP contribution is -2.37. The number of benzene rings is 2. The number of ether oxygens (including phenoxy) is 2. The average molecular weight is 343 g/mol. The second kappa shape index (κ2) is 9.08. The van der Waals surface area contributed by atoms with Crippen molar-refractivity contribution >= 4 is 5.91 Å². The van der Waals surface area contributed by atoms with E-state index in [4.69, 9.17) is 9.47 Å². The summed E-state index contributed by atoms with van der Waals surface area (Å²) in [7, 11) is 3.14. The van der Waals surface area contributed by atoms with Crippen LogP contribution in [0.15, 0.2) is 48.5 Å². The monoisotopic (exact) mass is 343 g/mol. The van der Waals surface area contributed by atoms with Crippen molar-refractivity contribution in [1.82, 2.24) is 5.32 Å². The molecule has 0 aliphatic rings. The van der Waals surface area contributed by atoms with Gasteiger partial charge in [-0.15, -0.1) is 0 Å². The van der Waals surface area contributed by atoms with Gasteiger partial charge in [-0.1, -0.05) is 24.3 Å². The first-order chi connectivity index (χ1) is 12.0. The fourth-order valence-electron chi connectivity index (χ4n) is 2.61. The minimum Gasteiger partial charge on any atom is -0.508 e. The van der Waals surface area contributed by atoms with Crippen molar-refractivity contribution in [2.45, 2.75) is 31.9 Å². The van der Waals surface area contributed by atoms with E-state index in [1.54, 1.807) is 31.4 Å². The minimum absolute atomic E-state index is 0.0179. The molecule has 2 aromatic carbocycles. The molecule has 0 aliphatic heterocycles. The van der Waals surface area contributed by atoms with Gasteiger partial charge in [-0.2, -0.15) is 0 Å². The van der Waals surface area contributed by atoms with E-state index < -0.39 is 6.10 Å². The van der Waals surface area contributed by atoms with Gasteiger partial charge >= 0.3 is 0 Å². The molecule has 2 atom stereocenters. The lowest BCUT2D eigenvalue weighted by molar-refractivity contribution is -0.132. The fraction of sp³-hybridized carbons (Fsp3) is 0.350. The first-order valence-electron chi connectivity index (χ1n) is 8.28. The molecule has 134 valence electrons. The number of methoxy groups -OCH3 is 2. The molecular formula is C20H25NO4. The molecule has 0 spiro atoms. The highest BCUT2D eigenvalue weighted by Gasteiger charge is 2.21. The molecule has 0 bridgehead atoms. The maximum Gasteiger partial charge on any atom is 0.253 e. The Morgan fingerprint density at radius 3 is 2.28 bits per heavy atom. The van der Waals surface area contributed by atoms with Crippen molar-refractivity contribution in [3.63, 3.8) is 0 Å². The van der Waals surface area contributed by atoms with Crippen LogP contribution in [0.4, 0.5) is 0 Å². The zero-order valence-electron chi connectivity index (χ0n) is 14.9. The Bertz CT molecular complexity index is 667. The zero-order valence-corrected chi connectivity index (χ0v) is 14.9. The first kappa shape index (κ1) is 18.8. The Balaban J connectivity index is 1.88. The molecule has 0 saturated heterocycles. The molecule has 0 heterocycles. The third-order valence-corrected chi connectivity index (χ3v) is 4.08. The van der Waals surface area contributed by atoms with Crippen molar-refractivity contribution in [2.75, 3.05) is 14.2 Å². The third-order valence-electron chi connectivity index (χ3n) is 4.08. The molecule has 0 unspecified atom stereocenters. The molecule has 25 heavy (non-hydrogen) atoms. The van der Waals surface area contributed by atoms with Crippen LogP contribution < -0.4 is 10.1 Å². The standard InChI is InChI=1S/C20H25NO4/c1-14(4-5-15-6-12-18(24-2)13-7-15)21-20(23)19(25-3)16-8-10-17(22)11-9-16/h6-14,19,22H,4-5H2,1-3H3,(H,21,23)/t14-,19-/m1/s1. The van der Waals surface area contributed by atoms with Crippen LogP contribution in [0.3, 0.4) is 0 Å². The second-order valence-electron chi connectivity index (χ2n) is 6.00. The van der Waals surface area contributed by atoms with Crippen molar-refractivity contribution in [3.8, 4) is 11.5 Å². The molecule has 2 aromatic rings. The topological polar surface area (TPSA) is 67.8 Å². The summed E-state index contributed by atoms with van der Waals surface area (Å²) in [5.74, 6) is 0.809. The predicted octanol–water partition coefficient (Wildman–Crippen LogP) is 3.23. The normalized spacial score (nSPS) is 13.1. The van der Waals surface area contributed by atoms with E-state index in [0.29, 0.717) is 5.56 Å². The van der Waals surface area contributed by atoms with Crippen LogP contribution >= 0.6 is 0 Å². The summed E-state index contributed by atoms with van der Waals surface area (Å²) in [5.41, 5.74) is 1.91. The number of aryl methyl sites for hydroxylation is 1. The minimum atomic E-state index is -0.691. The smallest absolute Gasteiger partial charge is 0.253 e. The Morgan fingerprint density at radius 2 is 1.72 bits per heavy atom. The van der Waals surface area contributed by atoms with Gasteiger partial charge in [-0.25, -0.2) is 0 Å². The summed E-state index contributed by atoms with van der Waals surface area (Å²) < 4.78 is 10.5. The first-order valence-corrected chi connectivity index (χ1v) is 8.28. The SMILES string of the molecule is COc1ccc(CC[C@@H](C)NC(=O)[C@H](OC)c2ccc(O)cc2)cc1. The summed E-state index contributed by atoms with van der Waals surface area (Å²) >= 11 is 0. The van der Waals surface area contributed by atoms with E-state index in [-0.39, 0.29) is 17.7 Å². The van der Waals surface area contributed by atoms with E-state index in [1.807, 2.05) is 31.2 Å². The van der Waals surface area contributed by atoms with Gasteiger partial charge in [-0.3, -0.25) is 4.79 Å². The maximum atomic E-state index is 12.4. The van der Waals surface area contributed by atoms with Gasteiger partial charge in [0.25, 0.3) is 5.91 Å². The number of hydrogen-bond acceptors (Lipinski definition) is 4. The van der Waals surface area contributed by atoms with Crippen LogP contribution in [0.1, 0.15) is 30.6 Å². The lowest BCUT2D eigenvalue weighted by atomic mass is 10.0. The molecule has 0 saturated carbocycles. The molecule has 0 aliphatic carbocycles. The number of nitrogens with one attached hydrogen (secondary N) is 1. The van der Waals surface area contributed by atoms with Gasteiger partial charge in [-0.05, 0) is 55.2 Å². The van der Waals surface area contributed by atoms with Gasteiger partial charge in [0.15, 0.2) is 6.10 Å². The van der Waals surface area contributed by atoms with E-state index in [0.717, 1.165) is 18.6 Å².